The molecule has 1 unspecified atom stereocenters. The summed E-state index contributed by atoms with van der Waals surface area (Å²) in [6.45, 7) is 3.30. The highest BCUT2D eigenvalue weighted by Gasteiger charge is 2.30. The number of hydrogen-bond donors (Lipinski definition) is 3. The zero-order valence-electron chi connectivity index (χ0n) is 15.5. The molecule has 1 aliphatic rings. The Morgan fingerprint density at radius 3 is 2.30 bits per heavy atom. The maximum atomic E-state index is 13.8. The summed E-state index contributed by atoms with van der Waals surface area (Å²) in [6, 6.07) is 3.76. The molecule has 7 nitrogen and oxygen atoms in total. The number of amides is 2. The molecule has 0 saturated heterocycles. The maximum absolute atomic E-state index is 13.8. The van der Waals surface area contributed by atoms with Crippen molar-refractivity contribution in [2.75, 3.05) is 0 Å². The summed E-state index contributed by atoms with van der Waals surface area (Å²) in [6.07, 6.45) is 4.60. The Kier molecular flexibility index (Phi) is 7.32. The van der Waals surface area contributed by atoms with E-state index in [0.29, 0.717) is 0 Å². The standard InChI is InChI=1S/C18H26FN3O4S/c1-12(2)16(22-27(25,26)15-11-7-6-10-14(15)19)18(24)21-20-17(23)13-8-4-3-5-9-13/h6-7,10-13,16,22H,3-5,8-9H2,1-2H3,(H,20,23)(H,21,24). The molecule has 3 N–H and O–H groups in total. The molecule has 0 bridgehead atoms. The number of carbonyl (C=O) groups is 2. The molecule has 27 heavy (non-hydrogen) atoms. The van der Waals surface area contributed by atoms with E-state index in [-0.39, 0.29) is 11.8 Å². The van der Waals surface area contributed by atoms with Gasteiger partial charge in [0, 0.05) is 5.92 Å². The van der Waals surface area contributed by atoms with Crippen LogP contribution in [-0.4, -0.2) is 26.3 Å². The molecule has 1 aromatic rings. The lowest BCUT2D eigenvalue weighted by Gasteiger charge is -2.24. The molecular weight excluding hydrogens is 373 g/mol. The van der Waals surface area contributed by atoms with E-state index >= 15 is 0 Å². The fourth-order valence-corrected chi connectivity index (χ4v) is 4.48. The van der Waals surface area contributed by atoms with Crippen LogP contribution in [0.2, 0.25) is 0 Å². The second-order valence-corrected chi connectivity index (χ2v) is 8.77. The van der Waals surface area contributed by atoms with Crippen LogP contribution in [0.15, 0.2) is 29.2 Å². The van der Waals surface area contributed by atoms with E-state index in [2.05, 4.69) is 15.6 Å². The first-order chi connectivity index (χ1) is 12.7. The monoisotopic (exact) mass is 399 g/mol. The molecule has 1 aromatic carbocycles. The van der Waals surface area contributed by atoms with Gasteiger partial charge >= 0.3 is 0 Å². The number of hydrazine groups is 1. The van der Waals surface area contributed by atoms with Gasteiger partial charge in [-0.25, -0.2) is 12.8 Å². The summed E-state index contributed by atoms with van der Waals surface area (Å²) in [7, 11) is -4.24. The number of nitrogens with one attached hydrogen (secondary N) is 3. The van der Waals surface area contributed by atoms with E-state index in [1.807, 2.05) is 0 Å². The van der Waals surface area contributed by atoms with Gasteiger partial charge in [-0.15, -0.1) is 0 Å². The van der Waals surface area contributed by atoms with Crippen molar-refractivity contribution in [3.8, 4) is 0 Å². The lowest BCUT2D eigenvalue weighted by Crippen LogP contribution is -2.55. The molecule has 1 atom stereocenters. The molecule has 0 radical (unpaired) electrons. The minimum absolute atomic E-state index is 0.147. The molecule has 1 aliphatic carbocycles. The Morgan fingerprint density at radius 2 is 1.70 bits per heavy atom. The van der Waals surface area contributed by atoms with Crippen LogP contribution in [0.3, 0.4) is 0 Å². The molecule has 0 heterocycles. The Hall–Kier alpha value is -2.00. The van der Waals surface area contributed by atoms with E-state index in [1.165, 1.54) is 12.1 Å². The van der Waals surface area contributed by atoms with Gasteiger partial charge in [-0.1, -0.05) is 45.2 Å². The minimum atomic E-state index is -4.24. The second kappa shape index (κ2) is 9.27. The van der Waals surface area contributed by atoms with Crippen LogP contribution in [0.5, 0.6) is 0 Å². The Balaban J connectivity index is 2.02. The van der Waals surface area contributed by atoms with E-state index in [4.69, 9.17) is 0 Å². The molecule has 1 saturated carbocycles. The maximum Gasteiger partial charge on any atom is 0.256 e. The topological polar surface area (TPSA) is 104 Å². The minimum Gasteiger partial charge on any atom is -0.273 e. The normalized spacial score (nSPS) is 16.7. The molecule has 9 heteroatoms. The van der Waals surface area contributed by atoms with Crippen LogP contribution < -0.4 is 15.6 Å². The average molecular weight is 399 g/mol. The summed E-state index contributed by atoms with van der Waals surface area (Å²) >= 11 is 0. The predicted octanol–water partition coefficient (Wildman–Crippen LogP) is 1.86. The van der Waals surface area contributed by atoms with Gasteiger partial charge in [0.1, 0.15) is 16.8 Å². The highest BCUT2D eigenvalue weighted by atomic mass is 32.2. The third kappa shape index (κ3) is 5.74. The molecular formula is C18H26FN3O4S. The fourth-order valence-electron chi connectivity index (χ4n) is 3.05. The van der Waals surface area contributed by atoms with Crippen molar-refractivity contribution in [2.24, 2.45) is 11.8 Å². The van der Waals surface area contributed by atoms with Crippen molar-refractivity contribution in [3.63, 3.8) is 0 Å². The van der Waals surface area contributed by atoms with Crippen molar-refractivity contribution in [2.45, 2.75) is 56.9 Å². The van der Waals surface area contributed by atoms with Crippen LogP contribution >= 0.6 is 0 Å². The molecule has 1 fully saturated rings. The van der Waals surface area contributed by atoms with Gasteiger partial charge in [0.25, 0.3) is 5.91 Å². The van der Waals surface area contributed by atoms with Crippen LogP contribution in [0.4, 0.5) is 4.39 Å². The zero-order valence-corrected chi connectivity index (χ0v) is 16.3. The molecule has 0 aromatic heterocycles. The summed E-state index contributed by atoms with van der Waals surface area (Å²) in [5.41, 5.74) is 4.67. The Labute approximate surface area is 159 Å². The third-order valence-electron chi connectivity index (χ3n) is 4.64. The van der Waals surface area contributed by atoms with E-state index in [1.54, 1.807) is 13.8 Å². The predicted molar refractivity (Wildman–Crippen MR) is 98.2 cm³/mol. The SMILES string of the molecule is CC(C)C(NS(=O)(=O)c1ccccc1F)C(=O)NNC(=O)C1CCCCC1. The van der Waals surface area contributed by atoms with Crippen molar-refractivity contribution in [1.82, 2.24) is 15.6 Å². The molecule has 2 rings (SSSR count). The molecule has 0 spiro atoms. The number of halogens is 1. The fraction of sp³-hybridized carbons (Fsp3) is 0.556. The lowest BCUT2D eigenvalue weighted by atomic mass is 9.89. The number of rotatable bonds is 6. The van der Waals surface area contributed by atoms with Gasteiger partial charge in [-0.3, -0.25) is 20.4 Å². The van der Waals surface area contributed by atoms with Gasteiger partial charge in [0.2, 0.25) is 15.9 Å². The van der Waals surface area contributed by atoms with E-state index in [9.17, 15) is 22.4 Å². The van der Waals surface area contributed by atoms with Gasteiger partial charge in [-0.05, 0) is 30.9 Å². The van der Waals surface area contributed by atoms with Gasteiger partial charge in [0.05, 0.1) is 0 Å². The number of benzene rings is 1. The first-order valence-electron chi connectivity index (χ1n) is 9.09. The van der Waals surface area contributed by atoms with Gasteiger partial charge in [0.15, 0.2) is 0 Å². The Bertz CT molecular complexity index is 777. The van der Waals surface area contributed by atoms with Crippen molar-refractivity contribution >= 4 is 21.8 Å². The highest BCUT2D eigenvalue weighted by Crippen LogP contribution is 2.23. The third-order valence-corrected chi connectivity index (χ3v) is 6.12. The van der Waals surface area contributed by atoms with Crippen molar-refractivity contribution < 1.29 is 22.4 Å². The van der Waals surface area contributed by atoms with Gasteiger partial charge in [-0.2, -0.15) is 4.72 Å². The summed E-state index contributed by atoms with van der Waals surface area (Å²) in [5, 5.41) is 0. The summed E-state index contributed by atoms with van der Waals surface area (Å²) in [4.78, 5) is 24.0. The van der Waals surface area contributed by atoms with Crippen molar-refractivity contribution in [3.05, 3.63) is 30.1 Å². The first-order valence-corrected chi connectivity index (χ1v) is 10.6. The number of sulfonamides is 1. The molecule has 0 aliphatic heterocycles. The lowest BCUT2D eigenvalue weighted by molar-refractivity contribution is -0.132. The van der Waals surface area contributed by atoms with E-state index < -0.39 is 38.6 Å². The van der Waals surface area contributed by atoms with Crippen LogP contribution in [0.1, 0.15) is 46.0 Å². The van der Waals surface area contributed by atoms with Crippen LogP contribution in [-0.2, 0) is 19.6 Å². The highest BCUT2D eigenvalue weighted by molar-refractivity contribution is 7.89. The zero-order chi connectivity index (χ0) is 20.0. The largest absolute Gasteiger partial charge is 0.273 e. The summed E-state index contributed by atoms with van der Waals surface area (Å²) < 4.78 is 40.9. The smallest absolute Gasteiger partial charge is 0.256 e. The molecule has 150 valence electrons. The first kappa shape index (κ1) is 21.3. The van der Waals surface area contributed by atoms with Crippen molar-refractivity contribution in [1.29, 1.82) is 0 Å². The Morgan fingerprint density at radius 1 is 1.07 bits per heavy atom. The van der Waals surface area contributed by atoms with Gasteiger partial charge < -0.3 is 0 Å². The average Bonchev–Trinajstić information content (AvgIpc) is 2.64. The number of carbonyl (C=O) groups excluding carboxylic acids is 2. The van der Waals surface area contributed by atoms with Crippen LogP contribution in [0, 0.1) is 17.7 Å². The second-order valence-electron chi connectivity index (χ2n) is 7.09. The van der Waals surface area contributed by atoms with Crippen LogP contribution in [0.25, 0.3) is 0 Å². The number of hydrogen-bond acceptors (Lipinski definition) is 4. The molecule has 2 amide bonds. The summed E-state index contributed by atoms with van der Waals surface area (Å²) in [5.74, 6) is -2.44. The quantitative estimate of drug-likeness (QED) is 0.635. The van der Waals surface area contributed by atoms with E-state index in [0.717, 1.165) is 44.2 Å².